The van der Waals surface area contributed by atoms with Crippen LogP contribution in [-0.2, 0) is 0 Å². The van der Waals surface area contributed by atoms with Crippen molar-refractivity contribution in [2.75, 3.05) is 0 Å². The molecule has 1 aromatic heterocycles. The molecule has 10 heavy (non-hydrogen) atoms. The van der Waals surface area contributed by atoms with Gasteiger partial charge in [0, 0.05) is 6.07 Å². The first-order chi connectivity index (χ1) is 4.74. The SMILES string of the molecule is O=Cc1cc(C(=O)O)n[nH]1. The minimum atomic E-state index is -1.15. The molecule has 0 aliphatic carbocycles. The molecule has 0 bridgehead atoms. The summed E-state index contributed by atoms with van der Waals surface area (Å²) in [5.41, 5.74) is 0.0134. The lowest BCUT2D eigenvalue weighted by molar-refractivity contribution is 0.0690. The monoisotopic (exact) mass is 140 g/mol. The average molecular weight is 140 g/mol. The molecule has 5 heteroatoms. The van der Waals surface area contributed by atoms with Crippen molar-refractivity contribution in [2.24, 2.45) is 0 Å². The van der Waals surface area contributed by atoms with Crippen LogP contribution in [0.4, 0.5) is 0 Å². The second kappa shape index (κ2) is 2.30. The van der Waals surface area contributed by atoms with Crippen LogP contribution in [0, 0.1) is 0 Å². The molecule has 0 saturated carbocycles. The van der Waals surface area contributed by atoms with E-state index in [1.54, 1.807) is 0 Å². The lowest BCUT2D eigenvalue weighted by Gasteiger charge is -1.77. The first kappa shape index (κ1) is 6.47. The van der Waals surface area contributed by atoms with Crippen molar-refractivity contribution < 1.29 is 14.7 Å². The number of aromatic carboxylic acids is 1. The van der Waals surface area contributed by atoms with Gasteiger partial charge in [0.15, 0.2) is 12.0 Å². The molecule has 0 unspecified atom stereocenters. The molecular weight excluding hydrogens is 136 g/mol. The summed E-state index contributed by atoms with van der Waals surface area (Å²) < 4.78 is 0. The molecule has 0 amide bonds. The van der Waals surface area contributed by atoms with Gasteiger partial charge in [0.05, 0.1) is 5.69 Å². The summed E-state index contributed by atoms with van der Waals surface area (Å²) in [6.07, 6.45) is 0.499. The maximum Gasteiger partial charge on any atom is 0.356 e. The molecule has 0 spiro atoms. The highest BCUT2D eigenvalue weighted by Gasteiger charge is 2.06. The average Bonchev–Trinajstić information content (AvgIpc) is 2.34. The zero-order valence-corrected chi connectivity index (χ0v) is 4.87. The predicted octanol–water partition coefficient (Wildman–Crippen LogP) is -0.0796. The molecule has 5 nitrogen and oxygen atoms in total. The fourth-order valence-electron chi connectivity index (χ4n) is 0.507. The summed E-state index contributed by atoms with van der Waals surface area (Å²) in [6.45, 7) is 0. The summed E-state index contributed by atoms with van der Waals surface area (Å²) in [6, 6.07) is 1.16. The summed E-state index contributed by atoms with van der Waals surface area (Å²) in [5, 5.41) is 13.9. The third-order valence-electron chi connectivity index (χ3n) is 0.944. The molecule has 52 valence electrons. The molecule has 0 aliphatic heterocycles. The smallest absolute Gasteiger partial charge is 0.356 e. The minimum Gasteiger partial charge on any atom is -0.476 e. The van der Waals surface area contributed by atoms with Gasteiger partial charge in [-0.3, -0.25) is 9.89 Å². The van der Waals surface area contributed by atoms with Crippen LogP contribution in [0.1, 0.15) is 21.0 Å². The summed E-state index contributed by atoms with van der Waals surface area (Å²) in [4.78, 5) is 20.1. The Balaban J connectivity index is 2.98. The van der Waals surface area contributed by atoms with Crippen LogP contribution in [0.25, 0.3) is 0 Å². The third-order valence-corrected chi connectivity index (χ3v) is 0.944. The van der Waals surface area contributed by atoms with Crippen molar-refractivity contribution in [3.05, 3.63) is 17.5 Å². The van der Waals surface area contributed by atoms with Crippen molar-refractivity contribution >= 4 is 12.3 Å². The zero-order chi connectivity index (χ0) is 7.56. The second-order valence-electron chi connectivity index (χ2n) is 1.63. The molecule has 0 radical (unpaired) electrons. The minimum absolute atomic E-state index is 0.151. The maximum absolute atomic E-state index is 10.1. The Hall–Kier alpha value is -1.65. The van der Waals surface area contributed by atoms with Gasteiger partial charge >= 0.3 is 5.97 Å². The van der Waals surface area contributed by atoms with E-state index in [1.807, 2.05) is 0 Å². The van der Waals surface area contributed by atoms with Gasteiger partial charge in [-0.1, -0.05) is 0 Å². The summed E-state index contributed by atoms with van der Waals surface area (Å²) >= 11 is 0. The topological polar surface area (TPSA) is 83.1 Å². The highest BCUT2D eigenvalue weighted by molar-refractivity contribution is 5.87. The van der Waals surface area contributed by atoms with Crippen LogP contribution in [0.3, 0.4) is 0 Å². The fourth-order valence-corrected chi connectivity index (χ4v) is 0.507. The van der Waals surface area contributed by atoms with E-state index in [0.29, 0.717) is 6.29 Å². The van der Waals surface area contributed by atoms with Gasteiger partial charge in [0.2, 0.25) is 0 Å². The molecule has 1 heterocycles. The number of hydrogen-bond donors (Lipinski definition) is 2. The fraction of sp³-hybridized carbons (Fsp3) is 0. The van der Waals surface area contributed by atoms with E-state index in [-0.39, 0.29) is 11.4 Å². The van der Waals surface area contributed by atoms with E-state index in [0.717, 1.165) is 6.07 Å². The van der Waals surface area contributed by atoms with Crippen LogP contribution in [0.2, 0.25) is 0 Å². The van der Waals surface area contributed by atoms with Crippen LogP contribution in [0.5, 0.6) is 0 Å². The Morgan fingerprint density at radius 2 is 2.50 bits per heavy atom. The molecular formula is C5H4N2O3. The van der Waals surface area contributed by atoms with Gasteiger partial charge in [-0.25, -0.2) is 4.79 Å². The van der Waals surface area contributed by atoms with Crippen molar-refractivity contribution in [3.8, 4) is 0 Å². The van der Waals surface area contributed by atoms with Gasteiger partial charge in [0.25, 0.3) is 0 Å². The first-order valence-electron chi connectivity index (χ1n) is 2.48. The van der Waals surface area contributed by atoms with E-state index in [4.69, 9.17) is 5.11 Å². The third kappa shape index (κ3) is 1.02. The summed E-state index contributed by atoms with van der Waals surface area (Å²) in [5.74, 6) is -1.15. The molecule has 2 N–H and O–H groups in total. The number of hydrogen-bond acceptors (Lipinski definition) is 3. The number of nitrogens with one attached hydrogen (secondary N) is 1. The van der Waals surface area contributed by atoms with Gasteiger partial charge in [-0.05, 0) is 0 Å². The first-order valence-corrected chi connectivity index (χ1v) is 2.48. The number of nitrogens with zero attached hydrogens (tertiary/aromatic N) is 1. The van der Waals surface area contributed by atoms with Crippen LogP contribution < -0.4 is 0 Å². The number of carbonyl (C=O) groups is 2. The Labute approximate surface area is 55.7 Å². The molecule has 0 atom stereocenters. The number of aromatic nitrogens is 2. The molecule has 0 saturated heterocycles. The number of rotatable bonds is 2. The van der Waals surface area contributed by atoms with E-state index < -0.39 is 5.97 Å². The number of carboxylic acids is 1. The van der Waals surface area contributed by atoms with Crippen LogP contribution in [0.15, 0.2) is 6.07 Å². The Morgan fingerprint density at radius 1 is 1.80 bits per heavy atom. The van der Waals surface area contributed by atoms with E-state index >= 15 is 0 Å². The molecule has 1 rings (SSSR count). The van der Waals surface area contributed by atoms with Crippen molar-refractivity contribution in [1.29, 1.82) is 0 Å². The predicted molar refractivity (Wildman–Crippen MR) is 30.9 cm³/mol. The molecule has 0 aliphatic rings. The molecule has 1 aromatic rings. The standard InChI is InChI=1S/C5H4N2O3/c8-2-3-1-4(5(9)10)7-6-3/h1-2H,(H,6,7)(H,9,10). The number of aldehydes is 1. The number of aromatic amines is 1. The van der Waals surface area contributed by atoms with Crippen LogP contribution >= 0.6 is 0 Å². The summed E-state index contributed by atoms with van der Waals surface area (Å²) in [7, 11) is 0. The maximum atomic E-state index is 10.1. The number of carbonyl (C=O) groups excluding carboxylic acids is 1. The molecule has 0 fully saturated rings. The Morgan fingerprint density at radius 3 is 2.80 bits per heavy atom. The molecule has 0 aromatic carbocycles. The largest absolute Gasteiger partial charge is 0.476 e. The number of carboxylic acid groups (broad SMARTS) is 1. The normalized spacial score (nSPS) is 9.20. The lowest BCUT2D eigenvalue weighted by Crippen LogP contribution is -1.95. The quantitative estimate of drug-likeness (QED) is 0.563. The van der Waals surface area contributed by atoms with Gasteiger partial charge < -0.3 is 5.11 Å². The second-order valence-corrected chi connectivity index (χ2v) is 1.63. The van der Waals surface area contributed by atoms with Gasteiger partial charge in [0.1, 0.15) is 0 Å². The van der Waals surface area contributed by atoms with Gasteiger partial charge in [-0.2, -0.15) is 5.10 Å². The Bertz CT molecular complexity index is 266. The zero-order valence-electron chi connectivity index (χ0n) is 4.87. The van der Waals surface area contributed by atoms with Crippen molar-refractivity contribution in [3.63, 3.8) is 0 Å². The van der Waals surface area contributed by atoms with E-state index in [2.05, 4.69) is 10.2 Å². The lowest BCUT2D eigenvalue weighted by atomic mass is 10.4. The van der Waals surface area contributed by atoms with E-state index in [9.17, 15) is 9.59 Å². The van der Waals surface area contributed by atoms with E-state index in [1.165, 1.54) is 0 Å². The highest BCUT2D eigenvalue weighted by atomic mass is 16.4. The van der Waals surface area contributed by atoms with Crippen molar-refractivity contribution in [1.82, 2.24) is 10.2 Å². The van der Waals surface area contributed by atoms with Crippen molar-refractivity contribution in [2.45, 2.75) is 0 Å². The number of H-pyrrole nitrogens is 1. The van der Waals surface area contributed by atoms with Crippen LogP contribution in [-0.4, -0.2) is 27.6 Å². The van der Waals surface area contributed by atoms with Gasteiger partial charge in [-0.15, -0.1) is 0 Å². The highest BCUT2D eigenvalue weighted by Crippen LogP contribution is 1.95. The Kier molecular flexibility index (Phi) is 1.49.